The number of rotatable bonds is 9. The molecule has 0 radical (unpaired) electrons. The summed E-state index contributed by atoms with van der Waals surface area (Å²) in [6, 6.07) is 5.78. The van der Waals surface area contributed by atoms with Crippen LogP contribution in [0, 0.1) is 0 Å². The van der Waals surface area contributed by atoms with Gasteiger partial charge in [0.05, 0.1) is 5.56 Å². The molecule has 0 saturated heterocycles. The summed E-state index contributed by atoms with van der Waals surface area (Å²) in [5, 5.41) is 0. The highest BCUT2D eigenvalue weighted by atomic mass is 19.4. The molecule has 0 aliphatic carbocycles. The fraction of sp³-hybridized carbons (Fsp3) is 0.667. The van der Waals surface area contributed by atoms with Gasteiger partial charge in [-0.25, -0.2) is 0 Å². The Morgan fingerprint density at radius 2 is 1.38 bits per heavy atom. The Morgan fingerprint density at radius 3 is 1.90 bits per heavy atom. The first-order valence-electron chi connectivity index (χ1n) is 8.16. The van der Waals surface area contributed by atoms with Gasteiger partial charge < -0.3 is 0 Å². The summed E-state index contributed by atoms with van der Waals surface area (Å²) in [7, 11) is 0. The average molecular weight is 300 g/mol. The van der Waals surface area contributed by atoms with Gasteiger partial charge in [-0.2, -0.15) is 13.2 Å². The summed E-state index contributed by atoms with van der Waals surface area (Å²) >= 11 is 0. The number of benzene rings is 1. The Kier molecular flexibility index (Phi) is 7.84. The molecule has 21 heavy (non-hydrogen) atoms. The smallest absolute Gasteiger partial charge is 0.166 e. The molecule has 1 aromatic rings. The molecule has 0 fully saturated rings. The second kappa shape index (κ2) is 9.11. The van der Waals surface area contributed by atoms with Crippen molar-refractivity contribution >= 4 is 0 Å². The predicted molar refractivity (Wildman–Crippen MR) is 82.5 cm³/mol. The molecular weight excluding hydrogens is 273 g/mol. The van der Waals surface area contributed by atoms with E-state index in [2.05, 4.69) is 13.8 Å². The lowest BCUT2D eigenvalue weighted by Gasteiger charge is -2.18. The van der Waals surface area contributed by atoms with Crippen molar-refractivity contribution in [3.8, 4) is 0 Å². The van der Waals surface area contributed by atoms with Gasteiger partial charge in [0.2, 0.25) is 0 Å². The van der Waals surface area contributed by atoms with Gasteiger partial charge in [0, 0.05) is 0 Å². The van der Waals surface area contributed by atoms with Crippen LogP contribution in [0.3, 0.4) is 0 Å². The number of alkyl halides is 3. The van der Waals surface area contributed by atoms with Crippen LogP contribution in [0.25, 0.3) is 0 Å². The van der Waals surface area contributed by atoms with Gasteiger partial charge in [-0.1, -0.05) is 64.5 Å². The molecule has 0 aliphatic rings. The monoisotopic (exact) mass is 300 g/mol. The van der Waals surface area contributed by atoms with Gasteiger partial charge in [-0.15, -0.1) is 0 Å². The van der Waals surface area contributed by atoms with Gasteiger partial charge in [0.1, 0.15) is 0 Å². The van der Waals surface area contributed by atoms with E-state index in [1.165, 1.54) is 37.8 Å². The minimum atomic E-state index is -4.24. The first-order valence-corrected chi connectivity index (χ1v) is 8.16. The molecular formula is C18H27F3. The highest BCUT2D eigenvalue weighted by Crippen LogP contribution is 2.32. The van der Waals surface area contributed by atoms with Crippen LogP contribution in [0.1, 0.15) is 82.3 Å². The first kappa shape index (κ1) is 18.1. The lowest BCUT2D eigenvalue weighted by Crippen LogP contribution is -2.06. The van der Waals surface area contributed by atoms with Crippen molar-refractivity contribution in [2.75, 3.05) is 0 Å². The van der Waals surface area contributed by atoms with E-state index in [1.54, 1.807) is 12.1 Å². The molecule has 0 aromatic heterocycles. The first-order chi connectivity index (χ1) is 9.99. The number of unbranched alkanes of at least 4 members (excludes halogenated alkanes) is 4. The van der Waals surface area contributed by atoms with Gasteiger partial charge in [0.15, 0.2) is 0 Å². The van der Waals surface area contributed by atoms with E-state index >= 15 is 0 Å². The Bertz CT molecular complexity index is 378. The third-order valence-corrected chi connectivity index (χ3v) is 4.02. The molecule has 0 nitrogen and oxygen atoms in total. The fourth-order valence-electron chi connectivity index (χ4n) is 2.69. The quantitative estimate of drug-likeness (QED) is 0.433. The lowest BCUT2D eigenvalue weighted by atomic mass is 9.88. The molecule has 120 valence electrons. The summed E-state index contributed by atoms with van der Waals surface area (Å²) in [6.45, 7) is 4.34. The Balaban J connectivity index is 2.68. The van der Waals surface area contributed by atoms with Crippen LogP contribution in [0.15, 0.2) is 24.3 Å². The maximum atomic E-state index is 12.6. The maximum absolute atomic E-state index is 12.6. The molecule has 0 heterocycles. The van der Waals surface area contributed by atoms with Crippen LogP contribution in [0.2, 0.25) is 0 Å². The van der Waals surface area contributed by atoms with Crippen LogP contribution in [-0.4, -0.2) is 0 Å². The van der Waals surface area contributed by atoms with Crippen LogP contribution in [-0.2, 0) is 6.18 Å². The Labute approximate surface area is 126 Å². The molecule has 1 atom stereocenters. The van der Waals surface area contributed by atoms with Gasteiger partial charge in [-0.05, 0) is 36.5 Å². The van der Waals surface area contributed by atoms with E-state index in [4.69, 9.17) is 0 Å². The largest absolute Gasteiger partial charge is 0.416 e. The molecule has 3 heteroatoms. The summed E-state index contributed by atoms with van der Waals surface area (Å²) in [6.07, 6.45) is 5.04. The summed E-state index contributed by atoms with van der Waals surface area (Å²) in [5.74, 6) is 0.407. The van der Waals surface area contributed by atoms with E-state index < -0.39 is 11.7 Å². The Hall–Kier alpha value is -0.990. The highest BCUT2D eigenvalue weighted by molar-refractivity contribution is 5.27. The van der Waals surface area contributed by atoms with Crippen molar-refractivity contribution in [2.24, 2.45) is 0 Å². The van der Waals surface area contributed by atoms with E-state index in [0.717, 1.165) is 31.2 Å². The zero-order valence-corrected chi connectivity index (χ0v) is 13.2. The fourth-order valence-corrected chi connectivity index (χ4v) is 2.69. The normalized spacial score (nSPS) is 13.4. The number of hydrogen-bond donors (Lipinski definition) is 0. The van der Waals surface area contributed by atoms with Gasteiger partial charge in [0.25, 0.3) is 0 Å². The molecule has 1 rings (SSSR count). The molecule has 0 bridgehead atoms. The van der Waals surface area contributed by atoms with Crippen molar-refractivity contribution < 1.29 is 13.2 Å². The van der Waals surface area contributed by atoms with Gasteiger partial charge >= 0.3 is 6.18 Å². The average Bonchev–Trinajstić information content (AvgIpc) is 2.46. The standard InChI is InChI=1S/C18H27F3/c1-3-5-7-8-10-15(9-6-4-2)16-11-13-17(14-12-16)18(19,20)21/h11-15H,3-10H2,1-2H3. The van der Waals surface area contributed by atoms with Crippen molar-refractivity contribution in [3.05, 3.63) is 35.4 Å². The van der Waals surface area contributed by atoms with Gasteiger partial charge in [-0.3, -0.25) is 0 Å². The summed E-state index contributed by atoms with van der Waals surface area (Å²) < 4.78 is 37.8. The maximum Gasteiger partial charge on any atom is 0.416 e. The summed E-state index contributed by atoms with van der Waals surface area (Å²) in [5.41, 5.74) is 0.513. The predicted octanol–water partition coefficient (Wildman–Crippen LogP) is 6.95. The molecule has 0 N–H and O–H groups in total. The summed E-state index contributed by atoms with van der Waals surface area (Å²) in [4.78, 5) is 0. The second-order valence-electron chi connectivity index (χ2n) is 5.81. The van der Waals surface area contributed by atoms with E-state index in [-0.39, 0.29) is 0 Å². The van der Waals surface area contributed by atoms with E-state index in [9.17, 15) is 13.2 Å². The molecule has 0 spiro atoms. The van der Waals surface area contributed by atoms with Crippen molar-refractivity contribution in [1.29, 1.82) is 0 Å². The third-order valence-electron chi connectivity index (χ3n) is 4.02. The minimum absolute atomic E-state index is 0.407. The zero-order valence-electron chi connectivity index (χ0n) is 13.2. The zero-order chi connectivity index (χ0) is 15.7. The topological polar surface area (TPSA) is 0 Å². The van der Waals surface area contributed by atoms with Crippen LogP contribution in [0.5, 0.6) is 0 Å². The lowest BCUT2D eigenvalue weighted by molar-refractivity contribution is -0.137. The van der Waals surface area contributed by atoms with E-state index in [0.29, 0.717) is 5.92 Å². The highest BCUT2D eigenvalue weighted by Gasteiger charge is 2.30. The van der Waals surface area contributed by atoms with Crippen molar-refractivity contribution in [1.82, 2.24) is 0 Å². The van der Waals surface area contributed by atoms with Crippen molar-refractivity contribution in [2.45, 2.75) is 77.3 Å². The van der Waals surface area contributed by atoms with Crippen molar-refractivity contribution in [3.63, 3.8) is 0 Å². The number of hydrogen-bond acceptors (Lipinski definition) is 0. The second-order valence-corrected chi connectivity index (χ2v) is 5.81. The SMILES string of the molecule is CCCCCCC(CCCC)c1ccc(C(F)(F)F)cc1. The molecule has 0 saturated carbocycles. The third kappa shape index (κ3) is 6.54. The molecule has 0 aliphatic heterocycles. The van der Waals surface area contributed by atoms with Crippen LogP contribution < -0.4 is 0 Å². The molecule has 1 aromatic carbocycles. The van der Waals surface area contributed by atoms with E-state index in [1.807, 2.05) is 0 Å². The number of halogens is 3. The molecule has 1 unspecified atom stereocenters. The van der Waals surface area contributed by atoms with Crippen LogP contribution in [0.4, 0.5) is 13.2 Å². The van der Waals surface area contributed by atoms with Crippen LogP contribution >= 0.6 is 0 Å². The molecule has 0 amide bonds. The minimum Gasteiger partial charge on any atom is -0.166 e. The Morgan fingerprint density at radius 1 is 0.810 bits per heavy atom.